The zero-order valence-electron chi connectivity index (χ0n) is 12.2. The number of hydrogen-bond acceptors (Lipinski definition) is 2. The summed E-state index contributed by atoms with van der Waals surface area (Å²) in [6, 6.07) is 5.70. The Balaban J connectivity index is 1.82. The summed E-state index contributed by atoms with van der Waals surface area (Å²) < 4.78 is 1.71. The molecular formula is C16H20ClN3O. The number of nitrogens with one attached hydrogen (secondary N) is 1. The number of aromatic nitrogens is 2. The second kappa shape index (κ2) is 5.68. The van der Waals surface area contributed by atoms with E-state index in [2.05, 4.69) is 17.3 Å². The fourth-order valence-corrected chi connectivity index (χ4v) is 3.36. The van der Waals surface area contributed by atoms with E-state index < -0.39 is 0 Å². The second-order valence-electron chi connectivity index (χ2n) is 6.14. The SMILES string of the molecule is CC1CCC(CCl)(NC(=O)c2cnn3ccccc23)CC1. The van der Waals surface area contributed by atoms with Crippen LogP contribution in [0.1, 0.15) is 43.0 Å². The predicted octanol–water partition coefficient (Wildman–Crippen LogP) is 3.25. The third-order valence-corrected chi connectivity index (χ3v) is 5.05. The van der Waals surface area contributed by atoms with Gasteiger partial charge in [-0.25, -0.2) is 4.52 Å². The van der Waals surface area contributed by atoms with Crippen LogP contribution in [0.3, 0.4) is 0 Å². The molecule has 3 rings (SSSR count). The maximum Gasteiger partial charge on any atom is 0.255 e. The summed E-state index contributed by atoms with van der Waals surface area (Å²) in [6.45, 7) is 2.26. The van der Waals surface area contributed by atoms with Crippen molar-refractivity contribution in [2.24, 2.45) is 5.92 Å². The topological polar surface area (TPSA) is 46.4 Å². The summed E-state index contributed by atoms with van der Waals surface area (Å²) in [5.74, 6) is 1.10. The van der Waals surface area contributed by atoms with Gasteiger partial charge in [-0.05, 0) is 43.7 Å². The van der Waals surface area contributed by atoms with Gasteiger partial charge in [0.15, 0.2) is 0 Å². The lowest BCUT2D eigenvalue weighted by atomic mass is 9.78. The first-order valence-corrected chi connectivity index (χ1v) is 7.98. The fourth-order valence-electron chi connectivity index (χ4n) is 3.02. The Morgan fingerprint density at radius 2 is 2.24 bits per heavy atom. The van der Waals surface area contributed by atoms with Gasteiger partial charge in [-0.2, -0.15) is 5.10 Å². The van der Waals surface area contributed by atoms with Gasteiger partial charge in [0.2, 0.25) is 0 Å². The molecule has 0 aromatic carbocycles. The van der Waals surface area contributed by atoms with Crippen LogP contribution in [0.5, 0.6) is 0 Å². The summed E-state index contributed by atoms with van der Waals surface area (Å²) in [5.41, 5.74) is 1.16. The van der Waals surface area contributed by atoms with Gasteiger partial charge >= 0.3 is 0 Å². The number of amides is 1. The molecule has 1 N–H and O–H groups in total. The lowest BCUT2D eigenvalue weighted by Crippen LogP contribution is -2.52. The van der Waals surface area contributed by atoms with Gasteiger partial charge in [0, 0.05) is 12.1 Å². The van der Waals surface area contributed by atoms with Gasteiger partial charge in [-0.1, -0.05) is 13.0 Å². The van der Waals surface area contributed by atoms with Crippen LogP contribution in [0.25, 0.3) is 5.52 Å². The summed E-state index contributed by atoms with van der Waals surface area (Å²) >= 11 is 6.17. The van der Waals surface area contributed by atoms with E-state index in [1.54, 1.807) is 10.7 Å². The summed E-state index contributed by atoms with van der Waals surface area (Å²) in [6.07, 6.45) is 7.58. The van der Waals surface area contributed by atoms with E-state index in [-0.39, 0.29) is 11.4 Å². The first-order chi connectivity index (χ1) is 10.1. The average Bonchev–Trinajstić information content (AvgIpc) is 2.94. The molecule has 4 nitrogen and oxygen atoms in total. The van der Waals surface area contributed by atoms with Crippen LogP contribution in [0.15, 0.2) is 30.6 Å². The van der Waals surface area contributed by atoms with Gasteiger partial charge in [-0.15, -0.1) is 11.6 Å². The van der Waals surface area contributed by atoms with Crippen molar-refractivity contribution in [2.45, 2.75) is 38.1 Å². The standard InChI is InChI=1S/C16H20ClN3O/c1-12-5-7-16(11-17,8-6-12)19-15(21)13-10-18-20-9-3-2-4-14(13)20/h2-4,9-10,12H,5-8,11H2,1H3,(H,19,21). The normalized spacial score (nSPS) is 25.9. The van der Waals surface area contributed by atoms with E-state index in [9.17, 15) is 4.79 Å². The van der Waals surface area contributed by atoms with Crippen LogP contribution in [0, 0.1) is 5.92 Å². The average molecular weight is 306 g/mol. The van der Waals surface area contributed by atoms with E-state index in [1.165, 1.54) is 0 Å². The highest BCUT2D eigenvalue weighted by Gasteiger charge is 2.35. The van der Waals surface area contributed by atoms with Gasteiger partial charge in [-0.3, -0.25) is 4.79 Å². The number of carbonyl (C=O) groups excluding carboxylic acids is 1. The number of hydrogen-bond donors (Lipinski definition) is 1. The molecule has 0 spiro atoms. The number of carbonyl (C=O) groups is 1. The number of rotatable bonds is 3. The lowest BCUT2D eigenvalue weighted by Gasteiger charge is -2.38. The minimum absolute atomic E-state index is 0.0774. The van der Waals surface area contributed by atoms with Gasteiger partial charge in [0.05, 0.1) is 22.8 Å². The van der Waals surface area contributed by atoms with E-state index >= 15 is 0 Å². The molecular weight excluding hydrogens is 286 g/mol. The summed E-state index contributed by atoms with van der Waals surface area (Å²) in [5, 5.41) is 7.39. The number of halogens is 1. The van der Waals surface area contributed by atoms with E-state index in [0.29, 0.717) is 11.4 Å². The number of nitrogens with zero attached hydrogens (tertiary/aromatic N) is 2. The molecule has 1 fully saturated rings. The van der Waals surface area contributed by atoms with Crippen molar-refractivity contribution in [3.63, 3.8) is 0 Å². The first kappa shape index (κ1) is 14.4. The molecule has 0 bridgehead atoms. The number of fused-ring (bicyclic) bond motifs is 1. The smallest absolute Gasteiger partial charge is 0.255 e. The van der Waals surface area contributed by atoms with Gasteiger partial charge in [0.1, 0.15) is 0 Å². The van der Waals surface area contributed by atoms with Crippen LogP contribution in [-0.4, -0.2) is 26.9 Å². The van der Waals surface area contributed by atoms with Crippen molar-refractivity contribution in [3.05, 3.63) is 36.2 Å². The van der Waals surface area contributed by atoms with Crippen molar-refractivity contribution < 1.29 is 4.79 Å². The van der Waals surface area contributed by atoms with Crippen LogP contribution >= 0.6 is 11.6 Å². The van der Waals surface area contributed by atoms with Crippen molar-refractivity contribution in [3.8, 4) is 0 Å². The Kier molecular flexibility index (Phi) is 3.89. The molecule has 0 unspecified atom stereocenters. The molecule has 1 amide bonds. The first-order valence-electron chi connectivity index (χ1n) is 7.44. The van der Waals surface area contributed by atoms with Crippen LogP contribution in [0.4, 0.5) is 0 Å². The zero-order valence-corrected chi connectivity index (χ0v) is 12.9. The molecule has 112 valence electrons. The maximum absolute atomic E-state index is 12.6. The minimum atomic E-state index is -0.270. The third-order valence-electron chi connectivity index (χ3n) is 4.54. The van der Waals surface area contributed by atoms with E-state index in [1.807, 2.05) is 24.4 Å². The quantitative estimate of drug-likeness (QED) is 0.885. The molecule has 2 heterocycles. The Hall–Kier alpha value is -1.55. The minimum Gasteiger partial charge on any atom is -0.345 e. The molecule has 0 radical (unpaired) electrons. The Bertz CT molecular complexity index is 644. The molecule has 1 saturated carbocycles. The molecule has 21 heavy (non-hydrogen) atoms. The molecule has 5 heteroatoms. The van der Waals surface area contributed by atoms with Gasteiger partial charge < -0.3 is 5.32 Å². The Morgan fingerprint density at radius 1 is 1.48 bits per heavy atom. The highest BCUT2D eigenvalue weighted by molar-refractivity contribution is 6.19. The Morgan fingerprint density at radius 3 is 2.95 bits per heavy atom. The maximum atomic E-state index is 12.6. The summed E-state index contributed by atoms with van der Waals surface area (Å²) in [4.78, 5) is 12.6. The largest absolute Gasteiger partial charge is 0.345 e. The molecule has 2 aromatic heterocycles. The van der Waals surface area contributed by atoms with Crippen LogP contribution < -0.4 is 5.32 Å². The van der Waals surface area contributed by atoms with Crippen molar-refractivity contribution in [1.82, 2.24) is 14.9 Å². The Labute approximate surface area is 129 Å². The second-order valence-corrected chi connectivity index (χ2v) is 6.41. The zero-order chi connectivity index (χ0) is 14.9. The van der Waals surface area contributed by atoms with Gasteiger partial charge in [0.25, 0.3) is 5.91 Å². The van der Waals surface area contributed by atoms with Crippen molar-refractivity contribution >= 4 is 23.0 Å². The molecule has 0 aliphatic heterocycles. The van der Waals surface area contributed by atoms with Crippen molar-refractivity contribution in [1.29, 1.82) is 0 Å². The molecule has 1 aliphatic carbocycles. The molecule has 0 atom stereocenters. The molecule has 0 saturated heterocycles. The highest BCUT2D eigenvalue weighted by Crippen LogP contribution is 2.33. The monoisotopic (exact) mass is 305 g/mol. The molecule has 1 aliphatic rings. The predicted molar refractivity (Wildman–Crippen MR) is 83.7 cm³/mol. The number of alkyl halides is 1. The van der Waals surface area contributed by atoms with E-state index in [4.69, 9.17) is 11.6 Å². The van der Waals surface area contributed by atoms with Crippen LogP contribution in [-0.2, 0) is 0 Å². The lowest BCUT2D eigenvalue weighted by molar-refractivity contribution is 0.0874. The highest BCUT2D eigenvalue weighted by atomic mass is 35.5. The fraction of sp³-hybridized carbons (Fsp3) is 0.500. The van der Waals surface area contributed by atoms with E-state index in [0.717, 1.165) is 37.1 Å². The van der Waals surface area contributed by atoms with Crippen molar-refractivity contribution in [2.75, 3.05) is 5.88 Å². The summed E-state index contributed by atoms with van der Waals surface area (Å²) in [7, 11) is 0. The third kappa shape index (κ3) is 2.77. The molecule has 2 aromatic rings. The number of pyridine rings is 1. The van der Waals surface area contributed by atoms with Crippen LogP contribution in [0.2, 0.25) is 0 Å².